The van der Waals surface area contributed by atoms with E-state index in [0.717, 1.165) is 9.36 Å². The van der Waals surface area contributed by atoms with Gasteiger partial charge in [0.25, 0.3) is 0 Å². The van der Waals surface area contributed by atoms with Gasteiger partial charge in [-0.3, -0.25) is 0 Å². The molecule has 12 heteroatoms. The van der Waals surface area contributed by atoms with Crippen LogP contribution in [-0.2, 0) is 18.5 Å². The SMILES string of the molecule is COc1cccc(-n2nnn(C)c2=O)c1CON=C(C)c1cccc(OC(F)(F)F)c1. The molecule has 0 unspecified atom stereocenters. The molecular weight excluding hydrogens is 419 g/mol. The highest BCUT2D eigenvalue weighted by atomic mass is 19.4. The van der Waals surface area contributed by atoms with Crippen molar-refractivity contribution in [2.24, 2.45) is 12.2 Å². The van der Waals surface area contributed by atoms with Gasteiger partial charge in [0.05, 0.1) is 24.1 Å². The van der Waals surface area contributed by atoms with Crippen molar-refractivity contribution in [2.75, 3.05) is 7.11 Å². The van der Waals surface area contributed by atoms with Crippen molar-refractivity contribution in [1.82, 2.24) is 19.8 Å². The van der Waals surface area contributed by atoms with Gasteiger partial charge in [0.2, 0.25) is 0 Å². The zero-order valence-electron chi connectivity index (χ0n) is 16.8. The maximum atomic E-state index is 12.4. The molecule has 2 aromatic carbocycles. The van der Waals surface area contributed by atoms with Crippen LogP contribution in [0.1, 0.15) is 18.1 Å². The number of tetrazole rings is 1. The maximum absolute atomic E-state index is 12.4. The fourth-order valence-corrected chi connectivity index (χ4v) is 2.72. The highest BCUT2D eigenvalue weighted by Crippen LogP contribution is 2.26. The monoisotopic (exact) mass is 437 g/mol. The highest BCUT2D eigenvalue weighted by molar-refractivity contribution is 5.98. The Hall–Kier alpha value is -3.83. The lowest BCUT2D eigenvalue weighted by molar-refractivity contribution is -0.274. The van der Waals surface area contributed by atoms with Crippen molar-refractivity contribution >= 4 is 5.71 Å². The highest BCUT2D eigenvalue weighted by Gasteiger charge is 2.31. The number of hydrogen-bond donors (Lipinski definition) is 0. The van der Waals surface area contributed by atoms with Crippen molar-refractivity contribution in [3.05, 3.63) is 64.1 Å². The zero-order valence-corrected chi connectivity index (χ0v) is 16.8. The summed E-state index contributed by atoms with van der Waals surface area (Å²) in [7, 11) is 2.93. The molecule has 0 spiro atoms. The van der Waals surface area contributed by atoms with Crippen molar-refractivity contribution in [2.45, 2.75) is 19.9 Å². The summed E-state index contributed by atoms with van der Waals surface area (Å²) in [5.74, 6) is 0.0667. The van der Waals surface area contributed by atoms with Gasteiger partial charge >= 0.3 is 12.1 Å². The number of rotatable bonds is 7. The van der Waals surface area contributed by atoms with E-state index < -0.39 is 12.1 Å². The van der Waals surface area contributed by atoms with E-state index >= 15 is 0 Å². The van der Waals surface area contributed by atoms with Crippen molar-refractivity contribution < 1.29 is 27.5 Å². The van der Waals surface area contributed by atoms with Gasteiger partial charge in [-0.1, -0.05) is 23.4 Å². The number of alkyl halides is 3. The number of methoxy groups -OCH3 is 1. The van der Waals surface area contributed by atoms with Crippen molar-refractivity contribution in [1.29, 1.82) is 0 Å². The van der Waals surface area contributed by atoms with Gasteiger partial charge in [-0.05, 0) is 41.6 Å². The third kappa shape index (κ3) is 5.21. The van der Waals surface area contributed by atoms with Crippen LogP contribution in [0, 0.1) is 0 Å². The first-order valence-corrected chi connectivity index (χ1v) is 8.87. The molecule has 0 aliphatic carbocycles. The van der Waals surface area contributed by atoms with Crippen LogP contribution in [0.4, 0.5) is 13.2 Å². The lowest BCUT2D eigenvalue weighted by Crippen LogP contribution is -2.23. The fraction of sp³-hybridized carbons (Fsp3) is 0.263. The summed E-state index contributed by atoms with van der Waals surface area (Å²) in [6.45, 7) is 1.47. The minimum atomic E-state index is -4.79. The van der Waals surface area contributed by atoms with Crippen LogP contribution in [0.3, 0.4) is 0 Å². The van der Waals surface area contributed by atoms with Gasteiger partial charge in [0, 0.05) is 12.6 Å². The molecule has 1 aromatic heterocycles. The Morgan fingerprint density at radius 3 is 2.55 bits per heavy atom. The molecule has 0 N–H and O–H groups in total. The second kappa shape index (κ2) is 8.90. The van der Waals surface area contributed by atoms with Crippen LogP contribution in [0.5, 0.6) is 11.5 Å². The standard InChI is InChI=1S/C19H18F3N5O4/c1-12(13-6-4-7-14(10-13)31-19(20,21)22)23-30-11-15-16(8-5-9-17(15)29-3)27-18(28)26(2)24-25-27/h4-10H,11H2,1-3H3. The van der Waals surface area contributed by atoms with Crippen LogP contribution in [0.2, 0.25) is 0 Å². The Balaban J connectivity index is 1.83. The topological polar surface area (TPSA) is 92.8 Å². The molecule has 0 atom stereocenters. The molecule has 0 amide bonds. The maximum Gasteiger partial charge on any atom is 0.573 e. The second-order valence-electron chi connectivity index (χ2n) is 6.28. The molecule has 9 nitrogen and oxygen atoms in total. The normalized spacial score (nSPS) is 12.0. The Kier molecular flexibility index (Phi) is 6.28. The molecule has 164 valence electrons. The van der Waals surface area contributed by atoms with E-state index in [0.29, 0.717) is 28.3 Å². The number of aryl methyl sites for hydroxylation is 1. The van der Waals surface area contributed by atoms with Gasteiger partial charge in [-0.15, -0.1) is 13.2 Å². The first-order valence-electron chi connectivity index (χ1n) is 8.87. The third-order valence-corrected chi connectivity index (χ3v) is 4.17. The van der Waals surface area contributed by atoms with Gasteiger partial charge in [-0.25, -0.2) is 4.79 Å². The van der Waals surface area contributed by atoms with Crippen LogP contribution in [0.15, 0.2) is 52.4 Å². The number of benzene rings is 2. The fourth-order valence-electron chi connectivity index (χ4n) is 2.72. The molecular formula is C19H18F3N5O4. The van der Waals surface area contributed by atoms with E-state index in [1.54, 1.807) is 31.2 Å². The largest absolute Gasteiger partial charge is 0.573 e. The molecule has 0 saturated carbocycles. The Morgan fingerprint density at radius 1 is 1.16 bits per heavy atom. The van der Waals surface area contributed by atoms with Crippen LogP contribution in [-0.4, -0.2) is 39.0 Å². The van der Waals surface area contributed by atoms with E-state index in [4.69, 9.17) is 9.57 Å². The minimum Gasteiger partial charge on any atom is -0.496 e. The van der Waals surface area contributed by atoms with E-state index in [1.165, 1.54) is 32.4 Å². The molecule has 0 saturated heterocycles. The molecule has 0 bridgehead atoms. The molecule has 3 aromatic rings. The molecule has 0 aliphatic rings. The molecule has 0 fully saturated rings. The van der Waals surface area contributed by atoms with E-state index in [9.17, 15) is 18.0 Å². The molecule has 31 heavy (non-hydrogen) atoms. The third-order valence-electron chi connectivity index (χ3n) is 4.17. The van der Waals surface area contributed by atoms with E-state index in [2.05, 4.69) is 20.3 Å². The van der Waals surface area contributed by atoms with Crippen LogP contribution in [0.25, 0.3) is 5.69 Å². The second-order valence-corrected chi connectivity index (χ2v) is 6.28. The lowest BCUT2D eigenvalue weighted by Gasteiger charge is -2.12. The number of oxime groups is 1. The summed E-state index contributed by atoms with van der Waals surface area (Å²) in [5.41, 5.74) is 1.12. The van der Waals surface area contributed by atoms with Gasteiger partial charge in [0.1, 0.15) is 18.1 Å². The molecule has 0 radical (unpaired) electrons. The molecule has 0 aliphatic heterocycles. The number of aromatic nitrogens is 4. The van der Waals surface area contributed by atoms with Crippen LogP contribution >= 0.6 is 0 Å². The minimum absolute atomic E-state index is 0.0988. The Morgan fingerprint density at radius 2 is 1.90 bits per heavy atom. The summed E-state index contributed by atoms with van der Waals surface area (Å²) >= 11 is 0. The summed E-state index contributed by atoms with van der Waals surface area (Å²) in [6.07, 6.45) is -4.79. The summed E-state index contributed by atoms with van der Waals surface area (Å²) in [5, 5.41) is 11.5. The van der Waals surface area contributed by atoms with Gasteiger partial charge < -0.3 is 14.3 Å². The number of ether oxygens (including phenoxy) is 2. The molecule has 1 heterocycles. The lowest BCUT2D eigenvalue weighted by atomic mass is 10.1. The number of hydrogen-bond acceptors (Lipinski definition) is 7. The predicted molar refractivity (Wildman–Crippen MR) is 103 cm³/mol. The van der Waals surface area contributed by atoms with Crippen molar-refractivity contribution in [3.63, 3.8) is 0 Å². The van der Waals surface area contributed by atoms with Crippen LogP contribution < -0.4 is 15.2 Å². The Labute approximate surface area is 174 Å². The van der Waals surface area contributed by atoms with Gasteiger partial charge in [0.15, 0.2) is 0 Å². The summed E-state index contributed by atoms with van der Waals surface area (Å²) < 4.78 is 48.7. The number of nitrogens with zero attached hydrogens (tertiary/aromatic N) is 5. The average Bonchev–Trinajstić information content (AvgIpc) is 3.05. The summed E-state index contributed by atoms with van der Waals surface area (Å²) in [6, 6.07) is 10.4. The van der Waals surface area contributed by atoms with Crippen molar-refractivity contribution in [3.8, 4) is 17.2 Å². The first kappa shape index (κ1) is 21.9. The Bertz CT molecular complexity index is 1150. The predicted octanol–water partition coefficient (Wildman–Crippen LogP) is 2.81. The zero-order chi connectivity index (χ0) is 22.6. The number of halogens is 3. The average molecular weight is 437 g/mol. The quantitative estimate of drug-likeness (QED) is 0.417. The van der Waals surface area contributed by atoms with Gasteiger partial charge in [-0.2, -0.15) is 9.36 Å². The first-order chi connectivity index (χ1) is 14.7. The molecule has 3 rings (SSSR count). The summed E-state index contributed by atoms with van der Waals surface area (Å²) in [4.78, 5) is 17.6. The van der Waals surface area contributed by atoms with E-state index in [1.807, 2.05) is 0 Å². The smallest absolute Gasteiger partial charge is 0.496 e. The van der Waals surface area contributed by atoms with E-state index in [-0.39, 0.29) is 12.4 Å².